The molecule has 7 nitrogen and oxygen atoms in total. The monoisotopic (exact) mass is 464 g/mol. The average Bonchev–Trinajstić information content (AvgIpc) is 3.11. The lowest BCUT2D eigenvalue weighted by molar-refractivity contribution is -0.127. The highest BCUT2D eigenvalue weighted by Gasteiger charge is 2.31. The van der Waals surface area contributed by atoms with Crippen molar-refractivity contribution in [3.05, 3.63) is 0 Å². The van der Waals surface area contributed by atoms with Crippen molar-refractivity contribution >= 4 is 35.8 Å². The fraction of sp³-hybridized carbons (Fsp3) is 0.882. The number of halogens is 1. The van der Waals surface area contributed by atoms with Crippen LogP contribution in [0, 0.1) is 0 Å². The first kappa shape index (κ1) is 20.7. The Bertz CT molecular complexity index is 458. The van der Waals surface area contributed by atoms with Gasteiger partial charge in [0.05, 0.1) is 0 Å². The van der Waals surface area contributed by atoms with E-state index in [1.807, 2.05) is 0 Å². The van der Waals surface area contributed by atoms with Crippen LogP contribution in [0.15, 0.2) is 4.99 Å². The molecule has 0 aromatic carbocycles. The van der Waals surface area contributed by atoms with Crippen LogP contribution in [0.2, 0.25) is 0 Å². The minimum Gasteiger partial charge on any atom is -0.355 e. The largest absolute Gasteiger partial charge is 0.355 e. The smallest absolute Gasteiger partial charge is 0.243 e. The number of likely N-dealkylation sites (N-methyl/N-ethyl adjacent to an activating group) is 1. The van der Waals surface area contributed by atoms with E-state index in [9.17, 15) is 4.79 Å². The van der Waals surface area contributed by atoms with Crippen molar-refractivity contribution in [2.24, 2.45) is 4.99 Å². The first-order valence-corrected chi connectivity index (χ1v) is 9.33. The summed E-state index contributed by atoms with van der Waals surface area (Å²) in [6.07, 6.45) is 4.97. The van der Waals surface area contributed by atoms with E-state index in [-0.39, 0.29) is 36.4 Å². The Balaban J connectivity index is 0.00000225. The third-order valence-corrected chi connectivity index (χ3v) is 5.46. The molecule has 0 spiro atoms. The summed E-state index contributed by atoms with van der Waals surface area (Å²) >= 11 is 0. The Labute approximate surface area is 168 Å². The summed E-state index contributed by atoms with van der Waals surface area (Å²) in [5.41, 5.74) is 0. The van der Waals surface area contributed by atoms with Crippen molar-refractivity contribution in [2.75, 3.05) is 59.9 Å². The summed E-state index contributed by atoms with van der Waals surface area (Å²) in [4.78, 5) is 23.1. The van der Waals surface area contributed by atoms with Crippen LogP contribution in [0.25, 0.3) is 0 Å². The second kappa shape index (κ2) is 9.91. The molecule has 4 fully saturated rings. The van der Waals surface area contributed by atoms with Crippen molar-refractivity contribution in [2.45, 2.75) is 37.8 Å². The normalized spacial score (nSPS) is 29.2. The lowest BCUT2D eigenvalue weighted by atomic mass is 10.1. The standard InChI is InChI=1S/C17H32N6O.HI/c1-21(2)16(24)12-19-17(20-14-5-3-4-6-14)18-11-15-13-22-7-9-23(15)10-8-22;/h14-15H,3-13H2,1-2H3,(H2,18,19,20);1H. The van der Waals surface area contributed by atoms with Gasteiger partial charge in [-0.2, -0.15) is 0 Å². The third-order valence-electron chi connectivity index (χ3n) is 5.46. The van der Waals surface area contributed by atoms with Gasteiger partial charge in [-0.05, 0) is 12.8 Å². The van der Waals surface area contributed by atoms with Gasteiger partial charge in [0.1, 0.15) is 6.54 Å². The second-order valence-corrected chi connectivity index (χ2v) is 7.45. The van der Waals surface area contributed by atoms with Gasteiger partial charge in [-0.1, -0.05) is 12.8 Å². The maximum atomic E-state index is 11.8. The highest BCUT2D eigenvalue weighted by Crippen LogP contribution is 2.18. The number of carbonyl (C=O) groups is 1. The van der Waals surface area contributed by atoms with Gasteiger partial charge in [-0.15, -0.1) is 24.0 Å². The fourth-order valence-corrected chi connectivity index (χ4v) is 3.84. The number of nitrogens with zero attached hydrogens (tertiary/aromatic N) is 4. The molecule has 1 unspecified atom stereocenters. The number of carbonyl (C=O) groups excluding carboxylic acids is 1. The first-order chi connectivity index (χ1) is 11.6. The predicted molar refractivity (Wildman–Crippen MR) is 112 cm³/mol. The SMILES string of the molecule is CN(C)C(=O)CN=C(NCC1CN2CCN1CC2)NC1CCCC1.I. The Morgan fingerprint density at radius 3 is 2.40 bits per heavy atom. The van der Waals surface area contributed by atoms with E-state index in [4.69, 9.17) is 0 Å². The number of rotatable bonds is 5. The van der Waals surface area contributed by atoms with Crippen molar-refractivity contribution in [1.29, 1.82) is 0 Å². The van der Waals surface area contributed by atoms with Gasteiger partial charge in [0.2, 0.25) is 5.91 Å². The number of amides is 1. The van der Waals surface area contributed by atoms with E-state index in [0.717, 1.165) is 19.0 Å². The average molecular weight is 464 g/mol. The van der Waals surface area contributed by atoms with Crippen LogP contribution in [0.1, 0.15) is 25.7 Å². The molecule has 0 aromatic heterocycles. The van der Waals surface area contributed by atoms with E-state index in [0.29, 0.717) is 12.1 Å². The summed E-state index contributed by atoms with van der Waals surface area (Å²) in [6.45, 7) is 6.99. The molecule has 2 bridgehead atoms. The Kier molecular flexibility index (Phi) is 8.21. The van der Waals surface area contributed by atoms with Gasteiger partial charge >= 0.3 is 0 Å². The molecule has 4 rings (SSSR count). The number of fused-ring (bicyclic) bond motifs is 3. The van der Waals surface area contributed by atoms with E-state index < -0.39 is 0 Å². The Morgan fingerprint density at radius 1 is 1.16 bits per heavy atom. The van der Waals surface area contributed by atoms with Crippen LogP contribution in [0.3, 0.4) is 0 Å². The number of hydrogen-bond acceptors (Lipinski definition) is 4. The van der Waals surface area contributed by atoms with Crippen LogP contribution >= 0.6 is 24.0 Å². The molecule has 1 atom stereocenters. The third kappa shape index (κ3) is 5.96. The number of aliphatic imine (C=N–C) groups is 1. The summed E-state index contributed by atoms with van der Waals surface area (Å²) in [6, 6.07) is 1.05. The van der Waals surface area contributed by atoms with Crippen LogP contribution in [0.4, 0.5) is 0 Å². The number of piperazine rings is 3. The highest BCUT2D eigenvalue weighted by atomic mass is 127. The molecule has 25 heavy (non-hydrogen) atoms. The molecular weight excluding hydrogens is 431 g/mol. The van der Waals surface area contributed by atoms with Crippen LogP contribution in [0.5, 0.6) is 0 Å². The maximum Gasteiger partial charge on any atom is 0.243 e. The van der Waals surface area contributed by atoms with E-state index >= 15 is 0 Å². The minimum absolute atomic E-state index is 0. The van der Waals surface area contributed by atoms with Crippen molar-refractivity contribution in [1.82, 2.24) is 25.3 Å². The number of guanidine groups is 1. The van der Waals surface area contributed by atoms with Crippen LogP contribution < -0.4 is 10.6 Å². The second-order valence-electron chi connectivity index (χ2n) is 7.45. The van der Waals surface area contributed by atoms with E-state index in [1.54, 1.807) is 19.0 Å². The predicted octanol–water partition coefficient (Wildman–Crippen LogP) is 0.170. The van der Waals surface area contributed by atoms with Gasteiger partial charge < -0.3 is 15.5 Å². The van der Waals surface area contributed by atoms with Crippen molar-refractivity contribution in [3.63, 3.8) is 0 Å². The Hall–Kier alpha value is -0.610. The maximum absolute atomic E-state index is 11.8. The molecule has 144 valence electrons. The molecule has 2 N–H and O–H groups in total. The molecule has 1 aliphatic carbocycles. The molecule has 8 heteroatoms. The molecule has 1 saturated carbocycles. The Morgan fingerprint density at radius 2 is 1.84 bits per heavy atom. The first-order valence-electron chi connectivity index (χ1n) is 9.33. The molecule has 0 radical (unpaired) electrons. The van der Waals surface area contributed by atoms with Gasteiger partial charge in [0.15, 0.2) is 5.96 Å². The summed E-state index contributed by atoms with van der Waals surface area (Å²) in [5.74, 6) is 0.837. The number of hydrogen-bond donors (Lipinski definition) is 2. The molecule has 3 heterocycles. The van der Waals surface area contributed by atoms with Crippen LogP contribution in [-0.4, -0.2) is 98.6 Å². The fourth-order valence-electron chi connectivity index (χ4n) is 3.84. The van der Waals surface area contributed by atoms with Gasteiger partial charge in [-0.3, -0.25) is 14.6 Å². The lowest BCUT2D eigenvalue weighted by Gasteiger charge is -2.47. The summed E-state index contributed by atoms with van der Waals surface area (Å²) in [7, 11) is 3.55. The zero-order valence-corrected chi connectivity index (χ0v) is 17.9. The highest BCUT2D eigenvalue weighted by molar-refractivity contribution is 14.0. The summed E-state index contributed by atoms with van der Waals surface area (Å²) < 4.78 is 0. The zero-order chi connectivity index (χ0) is 16.9. The topological polar surface area (TPSA) is 63.2 Å². The molecule has 3 saturated heterocycles. The van der Waals surface area contributed by atoms with Crippen molar-refractivity contribution < 1.29 is 4.79 Å². The quantitative estimate of drug-likeness (QED) is 0.345. The summed E-state index contributed by atoms with van der Waals surface area (Å²) in [5, 5.41) is 7.03. The van der Waals surface area contributed by atoms with E-state index in [2.05, 4.69) is 25.4 Å². The van der Waals surface area contributed by atoms with E-state index in [1.165, 1.54) is 51.9 Å². The lowest BCUT2D eigenvalue weighted by Crippen LogP contribution is -2.64. The van der Waals surface area contributed by atoms with Gasteiger partial charge in [0, 0.05) is 65.4 Å². The minimum atomic E-state index is 0. The molecule has 3 aliphatic heterocycles. The van der Waals surface area contributed by atoms with Gasteiger partial charge in [-0.25, -0.2) is 4.99 Å². The molecular formula is C17H33IN6O. The van der Waals surface area contributed by atoms with Gasteiger partial charge in [0.25, 0.3) is 0 Å². The van der Waals surface area contributed by atoms with Crippen LogP contribution in [-0.2, 0) is 4.79 Å². The molecule has 4 aliphatic rings. The zero-order valence-electron chi connectivity index (χ0n) is 15.5. The molecule has 0 aromatic rings. The number of nitrogens with one attached hydrogen (secondary N) is 2. The molecule has 1 amide bonds. The van der Waals surface area contributed by atoms with Crippen molar-refractivity contribution in [3.8, 4) is 0 Å².